The van der Waals surface area contributed by atoms with Gasteiger partial charge in [-0.1, -0.05) is 26.8 Å². The molecule has 2 unspecified atom stereocenters. The zero-order valence-corrected chi connectivity index (χ0v) is 11.8. The first kappa shape index (κ1) is 14.6. The Balaban J connectivity index is 2.28. The SMILES string of the molecule is C=C(CN1C(=O)NC2(C1=O)C(C)CCCC2C)C(=O)O. The summed E-state index contributed by atoms with van der Waals surface area (Å²) in [6.07, 6.45) is 2.79. The van der Waals surface area contributed by atoms with Crippen LogP contribution in [0.1, 0.15) is 33.1 Å². The van der Waals surface area contributed by atoms with Crippen LogP contribution in [0, 0.1) is 11.8 Å². The fourth-order valence-corrected chi connectivity index (χ4v) is 3.35. The Morgan fingerprint density at radius 1 is 1.40 bits per heavy atom. The van der Waals surface area contributed by atoms with E-state index in [0.717, 1.165) is 24.2 Å². The Hall–Kier alpha value is -1.85. The molecule has 1 saturated heterocycles. The van der Waals surface area contributed by atoms with Crippen molar-refractivity contribution in [3.8, 4) is 0 Å². The van der Waals surface area contributed by atoms with E-state index >= 15 is 0 Å². The monoisotopic (exact) mass is 280 g/mol. The normalized spacial score (nSPS) is 33.4. The molecule has 2 N–H and O–H groups in total. The molecular formula is C14H20N2O4. The summed E-state index contributed by atoms with van der Waals surface area (Å²) in [5.41, 5.74) is -1.05. The Morgan fingerprint density at radius 3 is 2.45 bits per heavy atom. The number of carbonyl (C=O) groups excluding carboxylic acids is 2. The highest BCUT2D eigenvalue weighted by Crippen LogP contribution is 2.42. The summed E-state index contributed by atoms with van der Waals surface area (Å²) in [6.45, 7) is 7.05. The lowest BCUT2D eigenvalue weighted by Crippen LogP contribution is -2.58. The van der Waals surface area contributed by atoms with Crippen molar-refractivity contribution >= 4 is 17.9 Å². The summed E-state index contributed by atoms with van der Waals surface area (Å²) >= 11 is 0. The summed E-state index contributed by atoms with van der Waals surface area (Å²) < 4.78 is 0. The van der Waals surface area contributed by atoms with E-state index in [0.29, 0.717) is 0 Å². The number of urea groups is 1. The molecule has 2 atom stereocenters. The highest BCUT2D eigenvalue weighted by molar-refractivity contribution is 6.08. The molecule has 0 aromatic heterocycles. The summed E-state index contributed by atoms with van der Waals surface area (Å²) in [7, 11) is 0. The van der Waals surface area contributed by atoms with E-state index < -0.39 is 17.5 Å². The van der Waals surface area contributed by atoms with E-state index in [4.69, 9.17) is 5.11 Å². The number of rotatable bonds is 3. The minimum absolute atomic E-state index is 0.0470. The first-order valence-electron chi connectivity index (χ1n) is 6.86. The summed E-state index contributed by atoms with van der Waals surface area (Å²) in [4.78, 5) is 36.6. The van der Waals surface area contributed by atoms with Gasteiger partial charge in [-0.2, -0.15) is 0 Å². The number of carbonyl (C=O) groups is 3. The summed E-state index contributed by atoms with van der Waals surface area (Å²) in [5.74, 6) is -1.42. The number of hydrogen-bond acceptors (Lipinski definition) is 3. The number of nitrogens with zero attached hydrogens (tertiary/aromatic N) is 1. The fourth-order valence-electron chi connectivity index (χ4n) is 3.35. The van der Waals surface area contributed by atoms with Gasteiger partial charge < -0.3 is 10.4 Å². The number of carboxylic acid groups (broad SMARTS) is 1. The number of nitrogens with one attached hydrogen (secondary N) is 1. The van der Waals surface area contributed by atoms with Gasteiger partial charge in [0.25, 0.3) is 5.91 Å². The summed E-state index contributed by atoms with van der Waals surface area (Å²) in [5, 5.41) is 11.7. The van der Waals surface area contributed by atoms with Crippen molar-refractivity contribution in [3.05, 3.63) is 12.2 Å². The Bertz CT molecular complexity index is 476. The van der Waals surface area contributed by atoms with E-state index in [1.807, 2.05) is 13.8 Å². The average Bonchev–Trinajstić information content (AvgIpc) is 2.62. The van der Waals surface area contributed by atoms with E-state index in [-0.39, 0.29) is 29.9 Å². The predicted molar refractivity (Wildman–Crippen MR) is 71.9 cm³/mol. The first-order chi connectivity index (χ1) is 9.30. The van der Waals surface area contributed by atoms with Gasteiger partial charge in [-0.3, -0.25) is 9.69 Å². The van der Waals surface area contributed by atoms with Crippen molar-refractivity contribution in [2.45, 2.75) is 38.6 Å². The zero-order valence-electron chi connectivity index (χ0n) is 11.8. The molecule has 2 aliphatic rings. The van der Waals surface area contributed by atoms with Crippen molar-refractivity contribution in [2.75, 3.05) is 6.54 Å². The maximum Gasteiger partial charge on any atom is 0.332 e. The van der Waals surface area contributed by atoms with Crippen LogP contribution in [0.4, 0.5) is 4.79 Å². The van der Waals surface area contributed by atoms with Gasteiger partial charge in [0.1, 0.15) is 5.54 Å². The van der Waals surface area contributed by atoms with Crippen LogP contribution >= 0.6 is 0 Å². The highest BCUT2D eigenvalue weighted by Gasteiger charge is 2.58. The minimum atomic E-state index is -1.20. The molecule has 1 spiro atoms. The molecule has 3 amide bonds. The van der Waals surface area contributed by atoms with Gasteiger partial charge in [0.15, 0.2) is 0 Å². The maximum absolute atomic E-state index is 12.7. The minimum Gasteiger partial charge on any atom is -0.478 e. The Morgan fingerprint density at radius 2 is 1.95 bits per heavy atom. The molecule has 1 heterocycles. The number of hydrogen-bond donors (Lipinski definition) is 2. The first-order valence-corrected chi connectivity index (χ1v) is 6.86. The highest BCUT2D eigenvalue weighted by atomic mass is 16.4. The van der Waals surface area contributed by atoms with Crippen molar-refractivity contribution in [1.29, 1.82) is 0 Å². The number of imide groups is 1. The van der Waals surface area contributed by atoms with E-state index in [1.54, 1.807) is 0 Å². The Kier molecular flexibility index (Phi) is 3.58. The molecule has 1 saturated carbocycles. The Labute approximate surface area is 117 Å². The molecule has 1 aliphatic carbocycles. The average molecular weight is 280 g/mol. The third kappa shape index (κ3) is 1.99. The second-order valence-electron chi connectivity index (χ2n) is 5.83. The quantitative estimate of drug-likeness (QED) is 0.604. The number of carboxylic acids is 1. The van der Waals surface area contributed by atoms with Crippen LogP contribution in [0.3, 0.4) is 0 Å². The summed E-state index contributed by atoms with van der Waals surface area (Å²) in [6, 6.07) is -0.516. The fraction of sp³-hybridized carbons (Fsp3) is 0.643. The molecule has 6 heteroatoms. The van der Waals surface area contributed by atoms with Crippen LogP contribution in [0.15, 0.2) is 12.2 Å². The van der Waals surface area contributed by atoms with E-state index in [9.17, 15) is 14.4 Å². The van der Waals surface area contributed by atoms with E-state index in [2.05, 4.69) is 11.9 Å². The molecular weight excluding hydrogens is 260 g/mol. The van der Waals surface area contributed by atoms with Gasteiger partial charge >= 0.3 is 12.0 Å². The number of aliphatic carboxylic acids is 1. The third-order valence-electron chi connectivity index (χ3n) is 4.64. The topological polar surface area (TPSA) is 86.7 Å². The van der Waals surface area contributed by atoms with Crippen molar-refractivity contribution in [2.24, 2.45) is 11.8 Å². The van der Waals surface area contributed by atoms with Gasteiger partial charge in [0.05, 0.1) is 6.54 Å². The lowest BCUT2D eigenvalue weighted by molar-refractivity contribution is -0.136. The van der Waals surface area contributed by atoms with Crippen molar-refractivity contribution in [3.63, 3.8) is 0 Å². The molecule has 0 aromatic rings. The second kappa shape index (κ2) is 4.92. The van der Waals surface area contributed by atoms with Gasteiger partial charge in [0.2, 0.25) is 0 Å². The third-order valence-corrected chi connectivity index (χ3v) is 4.64. The molecule has 0 aromatic carbocycles. The lowest BCUT2D eigenvalue weighted by atomic mass is 9.67. The maximum atomic E-state index is 12.7. The van der Waals surface area contributed by atoms with Gasteiger partial charge in [-0.15, -0.1) is 0 Å². The molecule has 0 bridgehead atoms. The van der Waals surface area contributed by atoms with Crippen molar-refractivity contribution in [1.82, 2.24) is 10.2 Å². The van der Waals surface area contributed by atoms with Crippen molar-refractivity contribution < 1.29 is 19.5 Å². The molecule has 20 heavy (non-hydrogen) atoms. The molecule has 6 nitrogen and oxygen atoms in total. The van der Waals surface area contributed by atoms with Crippen LogP contribution in [0.5, 0.6) is 0 Å². The molecule has 1 aliphatic heterocycles. The predicted octanol–water partition coefficient (Wildman–Crippen LogP) is 1.37. The largest absolute Gasteiger partial charge is 0.478 e. The van der Waals surface area contributed by atoms with Gasteiger partial charge in [-0.05, 0) is 24.7 Å². The van der Waals surface area contributed by atoms with Crippen LogP contribution in [-0.4, -0.2) is 40.0 Å². The lowest BCUT2D eigenvalue weighted by Gasteiger charge is -2.42. The molecule has 2 fully saturated rings. The van der Waals surface area contributed by atoms with Crippen LogP contribution < -0.4 is 5.32 Å². The van der Waals surface area contributed by atoms with Gasteiger partial charge in [-0.25, -0.2) is 9.59 Å². The van der Waals surface area contributed by atoms with Crippen LogP contribution in [-0.2, 0) is 9.59 Å². The smallest absolute Gasteiger partial charge is 0.332 e. The molecule has 0 radical (unpaired) electrons. The van der Waals surface area contributed by atoms with Crippen LogP contribution in [0.2, 0.25) is 0 Å². The standard InChI is InChI=1S/C14H20N2O4/c1-8(11(17)18)7-16-12(19)14(15-13(16)20)9(2)5-4-6-10(14)3/h9-10H,1,4-7H2,2-3H3,(H,15,20)(H,17,18). The zero-order chi connectivity index (χ0) is 15.1. The van der Waals surface area contributed by atoms with Gasteiger partial charge in [0, 0.05) is 5.57 Å². The second-order valence-corrected chi connectivity index (χ2v) is 5.83. The van der Waals surface area contributed by atoms with Crippen LogP contribution in [0.25, 0.3) is 0 Å². The van der Waals surface area contributed by atoms with E-state index in [1.165, 1.54) is 0 Å². The molecule has 2 rings (SSSR count). The molecule has 110 valence electrons. The number of amides is 3.